The van der Waals surface area contributed by atoms with Crippen LogP contribution < -0.4 is 10.6 Å². The number of para-hydroxylation sites is 1. The van der Waals surface area contributed by atoms with Crippen LogP contribution in [0.3, 0.4) is 0 Å². The zero-order chi connectivity index (χ0) is 20.3. The van der Waals surface area contributed by atoms with Crippen LogP contribution in [0.2, 0.25) is 0 Å². The maximum Gasteiger partial charge on any atom is 0.262 e. The smallest absolute Gasteiger partial charge is 0.262 e. The highest BCUT2D eigenvalue weighted by atomic mass is 32.1. The van der Waals surface area contributed by atoms with Crippen molar-refractivity contribution in [2.45, 2.75) is 26.7 Å². The molecule has 0 atom stereocenters. The SMILES string of the molecule is CCc1cccc(CC)c1NC(=S)NC(=O)CN1C(=O)c2ccccc2C1=O. The molecule has 3 rings (SSSR count). The lowest BCUT2D eigenvalue weighted by molar-refractivity contribution is -0.120. The fourth-order valence-corrected chi connectivity index (χ4v) is 3.46. The van der Waals surface area contributed by atoms with Crippen LogP contribution in [-0.2, 0) is 17.6 Å². The Balaban J connectivity index is 1.66. The van der Waals surface area contributed by atoms with E-state index in [1.807, 2.05) is 32.0 Å². The highest BCUT2D eigenvalue weighted by molar-refractivity contribution is 7.80. The number of imide groups is 1. The Labute approximate surface area is 168 Å². The summed E-state index contributed by atoms with van der Waals surface area (Å²) in [5.74, 6) is -1.47. The van der Waals surface area contributed by atoms with Crippen LogP contribution in [0.4, 0.5) is 5.69 Å². The summed E-state index contributed by atoms with van der Waals surface area (Å²) >= 11 is 5.27. The molecule has 6 nitrogen and oxygen atoms in total. The first kappa shape index (κ1) is 19.7. The van der Waals surface area contributed by atoms with Gasteiger partial charge in [-0.15, -0.1) is 0 Å². The standard InChI is InChI=1S/C21H21N3O3S/c1-3-13-8-7-9-14(4-2)18(13)23-21(28)22-17(25)12-24-19(26)15-10-5-6-11-16(15)20(24)27/h5-11H,3-4,12H2,1-2H3,(H2,22,23,25,28). The highest BCUT2D eigenvalue weighted by Gasteiger charge is 2.36. The van der Waals surface area contributed by atoms with E-state index >= 15 is 0 Å². The molecule has 0 fully saturated rings. The number of rotatable bonds is 5. The summed E-state index contributed by atoms with van der Waals surface area (Å²) in [6, 6.07) is 12.5. The van der Waals surface area contributed by atoms with E-state index in [9.17, 15) is 14.4 Å². The molecule has 0 radical (unpaired) electrons. The van der Waals surface area contributed by atoms with Gasteiger partial charge in [0.05, 0.1) is 11.1 Å². The summed E-state index contributed by atoms with van der Waals surface area (Å²) in [5.41, 5.74) is 3.70. The number of carbonyl (C=O) groups is 3. The number of hydrogen-bond acceptors (Lipinski definition) is 4. The van der Waals surface area contributed by atoms with E-state index in [4.69, 9.17) is 12.2 Å². The van der Waals surface area contributed by atoms with Gasteiger partial charge in [-0.1, -0.05) is 44.2 Å². The molecule has 0 saturated carbocycles. The summed E-state index contributed by atoms with van der Waals surface area (Å²) < 4.78 is 0. The van der Waals surface area contributed by atoms with Crippen molar-refractivity contribution < 1.29 is 14.4 Å². The fraction of sp³-hybridized carbons (Fsp3) is 0.238. The molecule has 3 amide bonds. The maximum absolute atomic E-state index is 12.4. The number of amides is 3. The van der Waals surface area contributed by atoms with Gasteiger partial charge in [0.25, 0.3) is 11.8 Å². The molecule has 0 saturated heterocycles. The Bertz CT molecular complexity index is 914. The van der Waals surface area contributed by atoms with Gasteiger partial charge in [-0.2, -0.15) is 0 Å². The van der Waals surface area contributed by atoms with E-state index in [1.165, 1.54) is 0 Å². The molecule has 0 aliphatic carbocycles. The number of hydrogen-bond donors (Lipinski definition) is 2. The van der Waals surface area contributed by atoms with Gasteiger partial charge in [0.2, 0.25) is 5.91 Å². The van der Waals surface area contributed by atoms with Crippen molar-refractivity contribution in [1.29, 1.82) is 0 Å². The normalized spacial score (nSPS) is 12.7. The average Bonchev–Trinajstić information content (AvgIpc) is 2.93. The summed E-state index contributed by atoms with van der Waals surface area (Å²) in [4.78, 5) is 38.0. The third-order valence-electron chi connectivity index (χ3n) is 4.67. The minimum absolute atomic E-state index is 0.136. The van der Waals surface area contributed by atoms with Crippen LogP contribution in [-0.4, -0.2) is 34.3 Å². The molecular weight excluding hydrogens is 374 g/mol. The molecule has 0 spiro atoms. The predicted molar refractivity (Wildman–Crippen MR) is 111 cm³/mol. The minimum atomic E-state index is -0.529. The first-order valence-electron chi connectivity index (χ1n) is 9.13. The number of aryl methyl sites for hydroxylation is 2. The summed E-state index contributed by atoms with van der Waals surface area (Å²) in [5, 5.41) is 5.78. The first-order valence-corrected chi connectivity index (χ1v) is 9.53. The number of carbonyl (C=O) groups excluding carboxylic acids is 3. The molecule has 0 bridgehead atoms. The zero-order valence-corrected chi connectivity index (χ0v) is 16.6. The second-order valence-electron chi connectivity index (χ2n) is 6.40. The minimum Gasteiger partial charge on any atom is -0.332 e. The van der Waals surface area contributed by atoms with Crippen LogP contribution in [0.15, 0.2) is 42.5 Å². The Hall–Kier alpha value is -3.06. The molecular formula is C21H21N3O3S. The third kappa shape index (κ3) is 3.80. The van der Waals surface area contributed by atoms with Crippen LogP contribution in [0, 0.1) is 0 Å². The lowest BCUT2D eigenvalue weighted by Crippen LogP contribution is -2.43. The molecule has 144 valence electrons. The van der Waals surface area contributed by atoms with Gasteiger partial charge in [-0.25, -0.2) is 0 Å². The van der Waals surface area contributed by atoms with Gasteiger partial charge in [0.15, 0.2) is 5.11 Å². The van der Waals surface area contributed by atoms with Crippen LogP contribution in [0.5, 0.6) is 0 Å². The quantitative estimate of drug-likeness (QED) is 0.601. The average molecular weight is 395 g/mol. The number of fused-ring (bicyclic) bond motifs is 1. The maximum atomic E-state index is 12.4. The van der Waals surface area contributed by atoms with Crippen molar-refractivity contribution in [3.05, 3.63) is 64.7 Å². The molecule has 28 heavy (non-hydrogen) atoms. The van der Waals surface area contributed by atoms with Crippen molar-refractivity contribution in [2.75, 3.05) is 11.9 Å². The second kappa shape index (κ2) is 8.31. The molecule has 2 aromatic carbocycles. The second-order valence-corrected chi connectivity index (χ2v) is 6.81. The lowest BCUT2D eigenvalue weighted by atomic mass is 10.0. The van der Waals surface area contributed by atoms with E-state index in [0.717, 1.165) is 34.6 Å². The van der Waals surface area contributed by atoms with Crippen molar-refractivity contribution in [3.8, 4) is 0 Å². The van der Waals surface area contributed by atoms with Crippen molar-refractivity contribution in [2.24, 2.45) is 0 Å². The van der Waals surface area contributed by atoms with Gasteiger partial charge in [-0.3, -0.25) is 19.3 Å². The largest absolute Gasteiger partial charge is 0.332 e. The summed E-state index contributed by atoms with van der Waals surface area (Å²) in [7, 11) is 0. The third-order valence-corrected chi connectivity index (χ3v) is 4.87. The summed E-state index contributed by atoms with van der Waals surface area (Å²) in [6.45, 7) is 3.71. The molecule has 1 heterocycles. The predicted octanol–water partition coefficient (Wildman–Crippen LogP) is 2.92. The van der Waals surface area contributed by atoms with E-state index in [-0.39, 0.29) is 11.7 Å². The van der Waals surface area contributed by atoms with Crippen LogP contribution in [0.25, 0.3) is 0 Å². The first-order chi connectivity index (χ1) is 13.5. The Morgan fingerprint density at radius 3 is 1.96 bits per heavy atom. The molecule has 1 aliphatic rings. The van der Waals surface area contributed by atoms with E-state index in [2.05, 4.69) is 10.6 Å². The van der Waals surface area contributed by atoms with Gasteiger partial charge in [0, 0.05) is 5.69 Å². The highest BCUT2D eigenvalue weighted by Crippen LogP contribution is 2.23. The molecule has 2 aromatic rings. The van der Waals surface area contributed by atoms with E-state index < -0.39 is 17.7 Å². The molecule has 2 N–H and O–H groups in total. The Morgan fingerprint density at radius 2 is 1.46 bits per heavy atom. The summed E-state index contributed by atoms with van der Waals surface area (Å²) in [6.07, 6.45) is 1.64. The number of anilines is 1. The topological polar surface area (TPSA) is 78.5 Å². The molecule has 7 heteroatoms. The number of thiocarbonyl (C=S) groups is 1. The van der Waals surface area contributed by atoms with Crippen LogP contribution >= 0.6 is 12.2 Å². The zero-order valence-electron chi connectivity index (χ0n) is 15.7. The van der Waals surface area contributed by atoms with E-state index in [0.29, 0.717) is 11.1 Å². The van der Waals surface area contributed by atoms with Crippen molar-refractivity contribution in [1.82, 2.24) is 10.2 Å². The van der Waals surface area contributed by atoms with Crippen LogP contribution in [0.1, 0.15) is 45.7 Å². The Morgan fingerprint density at radius 1 is 0.929 bits per heavy atom. The Kier molecular flexibility index (Phi) is 5.84. The molecule has 1 aliphatic heterocycles. The van der Waals surface area contributed by atoms with E-state index in [1.54, 1.807) is 24.3 Å². The van der Waals surface area contributed by atoms with Gasteiger partial charge < -0.3 is 10.6 Å². The molecule has 0 unspecified atom stereocenters. The number of benzene rings is 2. The van der Waals surface area contributed by atoms with Gasteiger partial charge in [0.1, 0.15) is 6.54 Å². The molecule has 0 aromatic heterocycles. The number of nitrogens with zero attached hydrogens (tertiary/aromatic N) is 1. The fourth-order valence-electron chi connectivity index (χ4n) is 3.24. The van der Waals surface area contributed by atoms with Crippen molar-refractivity contribution >= 4 is 40.7 Å². The van der Waals surface area contributed by atoms with Gasteiger partial charge in [-0.05, 0) is 48.3 Å². The lowest BCUT2D eigenvalue weighted by Gasteiger charge is -2.18. The number of nitrogens with one attached hydrogen (secondary N) is 2. The monoisotopic (exact) mass is 395 g/mol. The van der Waals surface area contributed by atoms with Crippen molar-refractivity contribution in [3.63, 3.8) is 0 Å². The van der Waals surface area contributed by atoms with Gasteiger partial charge >= 0.3 is 0 Å².